The molecule has 14 heavy (non-hydrogen) atoms. The molecule has 0 saturated carbocycles. The van der Waals surface area contributed by atoms with Crippen LogP contribution in [0.5, 0.6) is 0 Å². The summed E-state index contributed by atoms with van der Waals surface area (Å²) in [6, 6.07) is 0. The van der Waals surface area contributed by atoms with Gasteiger partial charge in [-0.15, -0.1) is 11.3 Å². The minimum atomic E-state index is 0.490. The van der Waals surface area contributed by atoms with E-state index in [1.165, 1.54) is 4.88 Å². The first-order valence-electron chi connectivity index (χ1n) is 4.40. The topological polar surface area (TPSA) is 56.7 Å². The van der Waals surface area contributed by atoms with E-state index in [1.807, 2.05) is 17.0 Å². The van der Waals surface area contributed by atoms with E-state index in [0.29, 0.717) is 6.54 Å². The van der Waals surface area contributed by atoms with E-state index >= 15 is 0 Å². The van der Waals surface area contributed by atoms with Crippen molar-refractivity contribution < 1.29 is 0 Å². The molecule has 0 atom stereocenters. The highest BCUT2D eigenvalue weighted by atomic mass is 32.1. The number of nitrogens with zero attached hydrogens (tertiary/aromatic N) is 3. The Labute approximate surface area is 86.4 Å². The van der Waals surface area contributed by atoms with Crippen molar-refractivity contribution in [2.45, 2.75) is 20.0 Å². The first kappa shape index (κ1) is 9.36. The van der Waals surface area contributed by atoms with Gasteiger partial charge in [-0.2, -0.15) is 0 Å². The summed E-state index contributed by atoms with van der Waals surface area (Å²) in [5.74, 6) is 0. The third-order valence-corrected chi connectivity index (χ3v) is 2.78. The maximum absolute atomic E-state index is 5.47. The Morgan fingerprint density at radius 2 is 2.36 bits per heavy atom. The molecule has 0 aliphatic rings. The van der Waals surface area contributed by atoms with Gasteiger partial charge in [0.05, 0.1) is 18.6 Å². The number of rotatable bonds is 3. The van der Waals surface area contributed by atoms with Gasteiger partial charge < -0.3 is 10.3 Å². The third-order valence-electron chi connectivity index (χ3n) is 1.88. The standard InChI is InChI=1S/C9H12N4S/c1-7-3-11-9(14-7)5-13-4-8(2-10)12-6-13/h3-4,6H,2,5,10H2,1H3. The van der Waals surface area contributed by atoms with Crippen LogP contribution in [0.1, 0.15) is 15.6 Å². The van der Waals surface area contributed by atoms with Gasteiger partial charge in [-0.25, -0.2) is 9.97 Å². The number of aryl methyl sites for hydroxylation is 1. The fraction of sp³-hybridized carbons (Fsp3) is 0.333. The highest BCUT2D eigenvalue weighted by Crippen LogP contribution is 2.12. The molecule has 0 radical (unpaired) electrons. The van der Waals surface area contributed by atoms with Crippen molar-refractivity contribution in [2.75, 3.05) is 0 Å². The SMILES string of the molecule is Cc1cnc(Cn2cnc(CN)c2)s1. The number of thiazole rings is 1. The van der Waals surface area contributed by atoms with Crippen LogP contribution in [0.25, 0.3) is 0 Å². The van der Waals surface area contributed by atoms with Gasteiger partial charge in [-0.1, -0.05) is 0 Å². The molecule has 0 bridgehead atoms. The molecule has 2 rings (SSSR count). The molecule has 0 spiro atoms. The average Bonchev–Trinajstić information content (AvgIpc) is 2.76. The second kappa shape index (κ2) is 3.89. The second-order valence-electron chi connectivity index (χ2n) is 3.11. The Bertz CT molecular complexity index is 418. The summed E-state index contributed by atoms with van der Waals surface area (Å²) in [4.78, 5) is 9.67. The van der Waals surface area contributed by atoms with Gasteiger partial charge in [0.2, 0.25) is 0 Å². The van der Waals surface area contributed by atoms with E-state index in [9.17, 15) is 0 Å². The molecule has 4 nitrogen and oxygen atoms in total. The summed E-state index contributed by atoms with van der Waals surface area (Å²) >= 11 is 1.71. The van der Waals surface area contributed by atoms with E-state index in [-0.39, 0.29) is 0 Å². The Kier molecular flexibility index (Phi) is 2.60. The number of nitrogens with two attached hydrogens (primary N) is 1. The molecule has 0 unspecified atom stereocenters. The predicted molar refractivity (Wildman–Crippen MR) is 56.1 cm³/mol. The predicted octanol–water partition coefficient (Wildman–Crippen LogP) is 1.16. The lowest BCUT2D eigenvalue weighted by molar-refractivity contribution is 0.789. The van der Waals surface area contributed by atoms with Crippen LogP contribution in [0.4, 0.5) is 0 Å². The molecule has 2 N–H and O–H groups in total. The number of hydrogen-bond acceptors (Lipinski definition) is 4. The zero-order valence-corrected chi connectivity index (χ0v) is 8.79. The maximum atomic E-state index is 5.47. The van der Waals surface area contributed by atoms with Crippen LogP contribution in [-0.4, -0.2) is 14.5 Å². The average molecular weight is 208 g/mol. The Morgan fingerprint density at radius 1 is 1.50 bits per heavy atom. The normalized spacial score (nSPS) is 10.7. The zero-order valence-electron chi connectivity index (χ0n) is 7.97. The van der Waals surface area contributed by atoms with Crippen LogP contribution in [0.15, 0.2) is 18.7 Å². The van der Waals surface area contributed by atoms with Gasteiger partial charge in [0.1, 0.15) is 5.01 Å². The molecule has 5 heteroatoms. The van der Waals surface area contributed by atoms with Crippen LogP contribution in [0.2, 0.25) is 0 Å². The zero-order chi connectivity index (χ0) is 9.97. The summed E-state index contributed by atoms with van der Waals surface area (Å²) in [5, 5.41) is 1.10. The molecule has 74 valence electrons. The summed E-state index contributed by atoms with van der Waals surface area (Å²) in [6.45, 7) is 3.33. The largest absolute Gasteiger partial charge is 0.330 e. The van der Waals surface area contributed by atoms with Crippen molar-refractivity contribution in [1.29, 1.82) is 0 Å². The van der Waals surface area contributed by atoms with E-state index in [2.05, 4.69) is 16.9 Å². The number of aromatic nitrogens is 3. The Morgan fingerprint density at radius 3 is 2.93 bits per heavy atom. The van der Waals surface area contributed by atoms with Crippen molar-refractivity contribution in [2.24, 2.45) is 5.73 Å². The Balaban J connectivity index is 2.10. The molecule has 2 aromatic heterocycles. The quantitative estimate of drug-likeness (QED) is 0.823. The molecular formula is C9H12N4S. The van der Waals surface area contributed by atoms with E-state index < -0.39 is 0 Å². The van der Waals surface area contributed by atoms with Gasteiger partial charge in [0.25, 0.3) is 0 Å². The van der Waals surface area contributed by atoms with Gasteiger partial charge in [0.15, 0.2) is 0 Å². The molecule has 0 saturated heterocycles. The van der Waals surface area contributed by atoms with Crippen molar-refractivity contribution in [3.63, 3.8) is 0 Å². The van der Waals surface area contributed by atoms with Gasteiger partial charge >= 0.3 is 0 Å². The first-order valence-corrected chi connectivity index (χ1v) is 5.21. The lowest BCUT2D eigenvalue weighted by atomic mass is 10.5. The van der Waals surface area contributed by atoms with Crippen molar-refractivity contribution >= 4 is 11.3 Å². The van der Waals surface area contributed by atoms with Crippen molar-refractivity contribution in [1.82, 2.24) is 14.5 Å². The van der Waals surface area contributed by atoms with Crippen LogP contribution >= 0.6 is 11.3 Å². The molecule has 2 aromatic rings. The summed E-state index contributed by atoms with van der Waals surface area (Å²) in [7, 11) is 0. The summed E-state index contributed by atoms with van der Waals surface area (Å²) < 4.78 is 2.00. The Hall–Kier alpha value is -1.20. The van der Waals surface area contributed by atoms with Gasteiger partial charge in [0, 0.05) is 23.8 Å². The lowest BCUT2D eigenvalue weighted by Crippen LogP contribution is -1.97. The summed E-state index contributed by atoms with van der Waals surface area (Å²) in [6.07, 6.45) is 5.64. The molecule has 2 heterocycles. The molecule has 0 aliphatic carbocycles. The van der Waals surface area contributed by atoms with Gasteiger partial charge in [-0.3, -0.25) is 0 Å². The lowest BCUT2D eigenvalue weighted by Gasteiger charge is -1.95. The van der Waals surface area contributed by atoms with Crippen molar-refractivity contribution in [3.05, 3.63) is 34.3 Å². The van der Waals surface area contributed by atoms with Gasteiger partial charge in [-0.05, 0) is 6.92 Å². The monoisotopic (exact) mass is 208 g/mol. The smallest absolute Gasteiger partial charge is 0.113 e. The maximum Gasteiger partial charge on any atom is 0.113 e. The van der Waals surface area contributed by atoms with Crippen LogP contribution in [0.3, 0.4) is 0 Å². The molecular weight excluding hydrogens is 196 g/mol. The highest BCUT2D eigenvalue weighted by molar-refractivity contribution is 7.11. The van der Waals surface area contributed by atoms with Crippen LogP contribution in [0, 0.1) is 6.92 Å². The minimum Gasteiger partial charge on any atom is -0.330 e. The molecule has 0 amide bonds. The fourth-order valence-electron chi connectivity index (χ4n) is 1.23. The minimum absolute atomic E-state index is 0.490. The second-order valence-corrected chi connectivity index (χ2v) is 4.43. The third kappa shape index (κ3) is 2.00. The van der Waals surface area contributed by atoms with E-state index in [4.69, 9.17) is 5.73 Å². The van der Waals surface area contributed by atoms with E-state index in [0.717, 1.165) is 17.2 Å². The molecule has 0 fully saturated rings. The number of imidazole rings is 1. The fourth-order valence-corrected chi connectivity index (χ4v) is 2.03. The highest BCUT2D eigenvalue weighted by Gasteiger charge is 2.01. The van der Waals surface area contributed by atoms with E-state index in [1.54, 1.807) is 17.7 Å². The first-order chi connectivity index (χ1) is 6.78. The number of hydrogen-bond donors (Lipinski definition) is 1. The van der Waals surface area contributed by atoms with Crippen LogP contribution < -0.4 is 5.73 Å². The molecule has 0 aromatic carbocycles. The molecule has 0 aliphatic heterocycles. The van der Waals surface area contributed by atoms with Crippen molar-refractivity contribution in [3.8, 4) is 0 Å². The van der Waals surface area contributed by atoms with Crippen LogP contribution in [-0.2, 0) is 13.1 Å². The summed E-state index contributed by atoms with van der Waals surface area (Å²) in [5.41, 5.74) is 6.39.